The molecule has 0 atom stereocenters. The van der Waals surface area contributed by atoms with Crippen LogP contribution in [0.1, 0.15) is 17.7 Å². The highest BCUT2D eigenvalue weighted by molar-refractivity contribution is 5.76. The zero-order valence-electron chi connectivity index (χ0n) is 13.8. The maximum Gasteiger partial charge on any atom is 0.223 e. The number of hydrogen-bond donors (Lipinski definition) is 0. The van der Waals surface area contributed by atoms with Crippen LogP contribution in [0.25, 0.3) is 6.08 Å². The number of aryl methyl sites for hydroxylation is 1. The van der Waals surface area contributed by atoms with Crippen molar-refractivity contribution in [3.8, 4) is 0 Å². The Morgan fingerprint density at radius 2 is 1.96 bits per heavy atom. The van der Waals surface area contributed by atoms with Gasteiger partial charge in [-0.05, 0) is 5.56 Å². The van der Waals surface area contributed by atoms with Crippen molar-refractivity contribution in [3.63, 3.8) is 0 Å². The van der Waals surface area contributed by atoms with Crippen LogP contribution in [0.2, 0.25) is 0 Å². The van der Waals surface area contributed by atoms with Gasteiger partial charge >= 0.3 is 0 Å². The molecule has 0 N–H and O–H groups in total. The van der Waals surface area contributed by atoms with Crippen LogP contribution in [0.15, 0.2) is 53.5 Å². The number of aromatic nitrogens is 1. The smallest absolute Gasteiger partial charge is 0.223 e. The Labute approximate surface area is 142 Å². The van der Waals surface area contributed by atoms with Crippen LogP contribution in [-0.4, -0.2) is 53.4 Å². The van der Waals surface area contributed by atoms with Crippen molar-refractivity contribution in [2.75, 3.05) is 32.7 Å². The van der Waals surface area contributed by atoms with Gasteiger partial charge in [0.05, 0.1) is 5.69 Å². The Hall–Kier alpha value is -2.40. The number of rotatable bonds is 6. The summed E-state index contributed by atoms with van der Waals surface area (Å²) in [6.45, 7) is 4.38. The van der Waals surface area contributed by atoms with Gasteiger partial charge in [-0.1, -0.05) is 42.5 Å². The topological polar surface area (TPSA) is 49.6 Å². The molecule has 3 rings (SSSR count). The summed E-state index contributed by atoms with van der Waals surface area (Å²) < 4.78 is 4.93. The molecule has 5 heteroatoms. The highest BCUT2D eigenvalue weighted by atomic mass is 16.3. The molecule has 0 spiro atoms. The van der Waals surface area contributed by atoms with Crippen LogP contribution in [-0.2, 0) is 11.2 Å². The van der Waals surface area contributed by atoms with E-state index in [2.05, 4.69) is 34.2 Å². The summed E-state index contributed by atoms with van der Waals surface area (Å²) in [6.07, 6.45) is 8.49. The fourth-order valence-corrected chi connectivity index (χ4v) is 2.84. The van der Waals surface area contributed by atoms with Crippen LogP contribution in [0.3, 0.4) is 0 Å². The summed E-state index contributed by atoms with van der Waals surface area (Å²) in [5.41, 5.74) is 2.06. The first-order chi connectivity index (χ1) is 11.8. The Bertz CT molecular complexity index is 645. The van der Waals surface area contributed by atoms with Crippen molar-refractivity contribution in [2.45, 2.75) is 12.8 Å². The molecule has 2 aromatic rings. The molecule has 0 radical (unpaired) electrons. The number of oxazole rings is 1. The second-order valence-electron chi connectivity index (χ2n) is 5.97. The standard InChI is InChI=1S/C19H23N3O2/c23-19(9-8-18-15-24-16-20-18)22-13-11-21(12-14-22)10-4-7-17-5-2-1-3-6-17/h1-7,15-16H,8-14H2/b7-4+. The average Bonchev–Trinajstić information content (AvgIpc) is 3.15. The van der Waals surface area contributed by atoms with Gasteiger partial charge in [-0.25, -0.2) is 4.98 Å². The molecule has 0 unspecified atom stereocenters. The molecule has 0 bridgehead atoms. The van der Waals surface area contributed by atoms with Gasteiger partial charge in [0.2, 0.25) is 5.91 Å². The van der Waals surface area contributed by atoms with E-state index < -0.39 is 0 Å². The molecule has 1 aromatic carbocycles. The maximum absolute atomic E-state index is 12.2. The van der Waals surface area contributed by atoms with E-state index in [0.29, 0.717) is 12.8 Å². The third-order valence-electron chi connectivity index (χ3n) is 4.28. The van der Waals surface area contributed by atoms with E-state index >= 15 is 0 Å². The number of benzene rings is 1. The molecular weight excluding hydrogens is 302 g/mol. The van der Waals surface area contributed by atoms with Crippen molar-refractivity contribution in [1.82, 2.24) is 14.8 Å². The lowest BCUT2D eigenvalue weighted by molar-refractivity contribution is -0.132. The van der Waals surface area contributed by atoms with Crippen molar-refractivity contribution in [3.05, 3.63) is 60.3 Å². The number of carbonyl (C=O) groups is 1. The van der Waals surface area contributed by atoms with Gasteiger partial charge in [-0.2, -0.15) is 0 Å². The maximum atomic E-state index is 12.2. The zero-order chi connectivity index (χ0) is 16.6. The largest absolute Gasteiger partial charge is 0.451 e. The fourth-order valence-electron chi connectivity index (χ4n) is 2.84. The molecule has 1 aliphatic rings. The lowest BCUT2D eigenvalue weighted by Gasteiger charge is -2.34. The van der Waals surface area contributed by atoms with E-state index in [1.54, 1.807) is 6.26 Å². The van der Waals surface area contributed by atoms with Crippen molar-refractivity contribution >= 4 is 12.0 Å². The molecule has 0 saturated carbocycles. The van der Waals surface area contributed by atoms with Crippen molar-refractivity contribution in [1.29, 1.82) is 0 Å². The Kier molecular flexibility index (Phi) is 5.80. The summed E-state index contributed by atoms with van der Waals surface area (Å²) in [5, 5.41) is 0. The minimum atomic E-state index is 0.206. The number of nitrogens with zero attached hydrogens (tertiary/aromatic N) is 3. The van der Waals surface area contributed by atoms with E-state index in [0.717, 1.165) is 38.4 Å². The van der Waals surface area contributed by atoms with Gasteiger partial charge in [0.25, 0.3) is 0 Å². The molecule has 5 nitrogen and oxygen atoms in total. The van der Waals surface area contributed by atoms with E-state index in [1.165, 1.54) is 12.0 Å². The molecular formula is C19H23N3O2. The highest BCUT2D eigenvalue weighted by Crippen LogP contribution is 2.08. The van der Waals surface area contributed by atoms with Gasteiger partial charge in [-0.15, -0.1) is 0 Å². The second-order valence-corrected chi connectivity index (χ2v) is 5.97. The van der Waals surface area contributed by atoms with Gasteiger partial charge in [0, 0.05) is 45.6 Å². The fraction of sp³-hybridized carbons (Fsp3) is 0.368. The Morgan fingerprint density at radius 1 is 1.17 bits per heavy atom. The van der Waals surface area contributed by atoms with E-state index in [-0.39, 0.29) is 5.91 Å². The summed E-state index contributed by atoms with van der Waals surface area (Å²) in [4.78, 5) is 20.6. The quantitative estimate of drug-likeness (QED) is 0.819. The van der Waals surface area contributed by atoms with E-state index in [9.17, 15) is 4.79 Å². The first kappa shape index (κ1) is 16.5. The number of amides is 1. The predicted octanol–water partition coefficient (Wildman–Crippen LogP) is 2.46. The minimum absolute atomic E-state index is 0.206. The summed E-state index contributed by atoms with van der Waals surface area (Å²) in [6, 6.07) is 10.3. The number of hydrogen-bond acceptors (Lipinski definition) is 4. The molecule has 1 aliphatic heterocycles. The number of carbonyl (C=O) groups excluding carboxylic acids is 1. The average molecular weight is 325 g/mol. The molecule has 2 heterocycles. The normalized spacial score (nSPS) is 15.9. The van der Waals surface area contributed by atoms with Crippen LogP contribution in [0, 0.1) is 0 Å². The van der Waals surface area contributed by atoms with E-state index in [4.69, 9.17) is 4.42 Å². The molecule has 1 aromatic heterocycles. The van der Waals surface area contributed by atoms with Gasteiger partial charge in [0.15, 0.2) is 6.39 Å². The van der Waals surface area contributed by atoms with Crippen LogP contribution in [0.4, 0.5) is 0 Å². The lowest BCUT2D eigenvalue weighted by Crippen LogP contribution is -2.48. The third-order valence-corrected chi connectivity index (χ3v) is 4.28. The third kappa shape index (κ3) is 4.80. The second kappa shape index (κ2) is 8.45. The molecule has 126 valence electrons. The SMILES string of the molecule is O=C(CCc1cocn1)N1CCN(C/C=C/c2ccccc2)CC1. The van der Waals surface area contributed by atoms with Crippen LogP contribution in [0.5, 0.6) is 0 Å². The zero-order valence-corrected chi connectivity index (χ0v) is 13.8. The van der Waals surface area contributed by atoms with Crippen LogP contribution >= 0.6 is 0 Å². The first-order valence-electron chi connectivity index (χ1n) is 8.40. The molecule has 0 aliphatic carbocycles. The summed E-state index contributed by atoms with van der Waals surface area (Å²) >= 11 is 0. The monoisotopic (exact) mass is 325 g/mol. The van der Waals surface area contributed by atoms with E-state index in [1.807, 2.05) is 23.1 Å². The van der Waals surface area contributed by atoms with Gasteiger partial charge < -0.3 is 9.32 Å². The summed E-state index contributed by atoms with van der Waals surface area (Å²) in [7, 11) is 0. The van der Waals surface area contributed by atoms with Crippen LogP contribution < -0.4 is 0 Å². The molecule has 1 saturated heterocycles. The predicted molar refractivity (Wildman–Crippen MR) is 93.3 cm³/mol. The lowest BCUT2D eigenvalue weighted by atomic mass is 10.2. The van der Waals surface area contributed by atoms with Gasteiger partial charge in [0.1, 0.15) is 6.26 Å². The first-order valence-corrected chi connectivity index (χ1v) is 8.40. The van der Waals surface area contributed by atoms with Crippen molar-refractivity contribution < 1.29 is 9.21 Å². The summed E-state index contributed by atoms with van der Waals surface area (Å²) in [5.74, 6) is 0.206. The Morgan fingerprint density at radius 3 is 2.67 bits per heavy atom. The van der Waals surface area contributed by atoms with Gasteiger partial charge in [-0.3, -0.25) is 9.69 Å². The number of piperazine rings is 1. The molecule has 24 heavy (non-hydrogen) atoms. The molecule has 1 fully saturated rings. The highest BCUT2D eigenvalue weighted by Gasteiger charge is 2.20. The minimum Gasteiger partial charge on any atom is -0.451 e. The Balaban J connectivity index is 1.37. The molecule has 1 amide bonds. The van der Waals surface area contributed by atoms with Crippen molar-refractivity contribution in [2.24, 2.45) is 0 Å².